The fourth-order valence-corrected chi connectivity index (χ4v) is 4.94. The van der Waals surface area contributed by atoms with Crippen LogP contribution in [0.2, 0.25) is 0 Å². The van der Waals surface area contributed by atoms with E-state index in [1.54, 1.807) is 37.3 Å². The third-order valence-corrected chi connectivity index (χ3v) is 6.72. The fourth-order valence-electron chi connectivity index (χ4n) is 3.60. The third kappa shape index (κ3) is 4.27. The molecule has 2 heterocycles. The van der Waals surface area contributed by atoms with Crippen LogP contribution in [-0.4, -0.2) is 31.6 Å². The molecule has 0 atom stereocenters. The summed E-state index contributed by atoms with van der Waals surface area (Å²) in [5, 5.41) is 3.18. The summed E-state index contributed by atoms with van der Waals surface area (Å²) in [4.78, 5) is 9.38. The van der Waals surface area contributed by atoms with Crippen LogP contribution >= 0.6 is 0 Å². The van der Waals surface area contributed by atoms with E-state index in [0.717, 1.165) is 5.56 Å². The monoisotopic (exact) mass is 462 g/mol. The molecule has 0 saturated heterocycles. The van der Waals surface area contributed by atoms with Gasteiger partial charge in [0.1, 0.15) is 13.2 Å². The number of aryl methyl sites for hydroxylation is 2. The number of nitrogens with zero attached hydrogens (tertiary/aromatic N) is 2. The smallest absolute Gasteiger partial charge is 0.263 e. The molecular formula is C24H22N4O4S. The maximum atomic E-state index is 13.3. The van der Waals surface area contributed by atoms with E-state index in [2.05, 4.69) is 20.0 Å². The quantitative estimate of drug-likeness (QED) is 0.448. The number of nitrogens with one attached hydrogen (secondary N) is 2. The van der Waals surface area contributed by atoms with Gasteiger partial charge in [-0.05, 0) is 55.3 Å². The first-order valence-electron chi connectivity index (χ1n) is 10.4. The van der Waals surface area contributed by atoms with E-state index >= 15 is 0 Å². The van der Waals surface area contributed by atoms with Crippen molar-refractivity contribution in [3.63, 3.8) is 0 Å². The second-order valence-corrected chi connectivity index (χ2v) is 9.42. The molecule has 0 spiro atoms. The molecular weight excluding hydrogens is 440 g/mol. The SMILES string of the molecule is Cc1ccc(C)c(S(=O)(=O)Nc2nc3ccccc3nc2Nc2ccc3c(c2)OCCO3)c1. The molecule has 0 saturated carbocycles. The summed E-state index contributed by atoms with van der Waals surface area (Å²) >= 11 is 0. The Morgan fingerprint density at radius 2 is 1.52 bits per heavy atom. The van der Waals surface area contributed by atoms with Crippen LogP contribution < -0.4 is 19.5 Å². The van der Waals surface area contributed by atoms with Gasteiger partial charge in [-0.15, -0.1) is 0 Å². The van der Waals surface area contributed by atoms with Crippen molar-refractivity contribution in [2.45, 2.75) is 18.7 Å². The first kappa shape index (κ1) is 21.0. The molecule has 1 aromatic heterocycles. The zero-order valence-electron chi connectivity index (χ0n) is 18.1. The van der Waals surface area contributed by atoms with Crippen molar-refractivity contribution in [2.75, 3.05) is 23.3 Å². The molecule has 1 aliphatic rings. The van der Waals surface area contributed by atoms with Crippen LogP contribution in [0.25, 0.3) is 11.0 Å². The van der Waals surface area contributed by atoms with Crippen molar-refractivity contribution < 1.29 is 17.9 Å². The first-order valence-corrected chi connectivity index (χ1v) is 11.9. The lowest BCUT2D eigenvalue weighted by Crippen LogP contribution is -2.17. The van der Waals surface area contributed by atoms with Crippen molar-refractivity contribution in [1.82, 2.24) is 9.97 Å². The third-order valence-electron chi connectivity index (χ3n) is 5.24. The van der Waals surface area contributed by atoms with E-state index in [1.807, 2.05) is 37.3 Å². The highest BCUT2D eigenvalue weighted by atomic mass is 32.2. The average molecular weight is 463 g/mol. The first-order chi connectivity index (χ1) is 15.9. The van der Waals surface area contributed by atoms with E-state index in [-0.39, 0.29) is 16.5 Å². The van der Waals surface area contributed by atoms with Crippen LogP contribution in [0.3, 0.4) is 0 Å². The Bertz CT molecular complexity index is 1470. The van der Waals surface area contributed by atoms with Gasteiger partial charge in [0.05, 0.1) is 15.9 Å². The zero-order valence-corrected chi connectivity index (χ0v) is 18.9. The number of aromatic nitrogens is 2. The van der Waals surface area contributed by atoms with Crippen molar-refractivity contribution in [2.24, 2.45) is 0 Å². The molecule has 4 aromatic rings. The van der Waals surface area contributed by atoms with Gasteiger partial charge in [-0.25, -0.2) is 18.4 Å². The van der Waals surface area contributed by atoms with Crippen LogP contribution in [-0.2, 0) is 10.0 Å². The number of para-hydroxylation sites is 2. The molecule has 0 fully saturated rings. The van der Waals surface area contributed by atoms with E-state index in [1.165, 1.54) is 0 Å². The van der Waals surface area contributed by atoms with E-state index in [9.17, 15) is 8.42 Å². The van der Waals surface area contributed by atoms with Crippen LogP contribution in [0.4, 0.5) is 17.3 Å². The van der Waals surface area contributed by atoms with Crippen LogP contribution in [0.5, 0.6) is 11.5 Å². The number of hydrogen-bond acceptors (Lipinski definition) is 7. The van der Waals surface area contributed by atoms with Gasteiger partial charge in [-0.1, -0.05) is 24.3 Å². The second-order valence-electron chi connectivity index (χ2n) is 7.77. The summed E-state index contributed by atoms with van der Waals surface area (Å²) in [7, 11) is -3.90. The van der Waals surface area contributed by atoms with Gasteiger partial charge in [0, 0.05) is 11.8 Å². The number of fused-ring (bicyclic) bond motifs is 2. The number of sulfonamides is 1. The molecule has 168 valence electrons. The van der Waals surface area contributed by atoms with E-state index in [4.69, 9.17) is 9.47 Å². The summed E-state index contributed by atoms with van der Waals surface area (Å²) in [6.07, 6.45) is 0. The van der Waals surface area contributed by atoms with Gasteiger partial charge in [-0.2, -0.15) is 0 Å². The number of rotatable bonds is 5. The van der Waals surface area contributed by atoms with Crippen molar-refractivity contribution in [3.8, 4) is 11.5 Å². The number of benzene rings is 3. The summed E-state index contributed by atoms with van der Waals surface area (Å²) < 4.78 is 40.4. The van der Waals surface area contributed by atoms with Gasteiger partial charge < -0.3 is 14.8 Å². The van der Waals surface area contributed by atoms with Gasteiger partial charge in [0.25, 0.3) is 10.0 Å². The highest BCUT2D eigenvalue weighted by molar-refractivity contribution is 7.92. The number of ether oxygens (including phenoxy) is 2. The molecule has 33 heavy (non-hydrogen) atoms. The molecule has 0 bridgehead atoms. The number of anilines is 3. The lowest BCUT2D eigenvalue weighted by Gasteiger charge is -2.19. The minimum absolute atomic E-state index is 0.101. The molecule has 0 amide bonds. The lowest BCUT2D eigenvalue weighted by atomic mass is 10.2. The summed E-state index contributed by atoms with van der Waals surface area (Å²) in [5.41, 5.74) is 3.36. The largest absolute Gasteiger partial charge is 0.486 e. The Hall–Kier alpha value is -3.85. The molecule has 1 aliphatic heterocycles. The van der Waals surface area contributed by atoms with E-state index in [0.29, 0.717) is 47.0 Å². The lowest BCUT2D eigenvalue weighted by molar-refractivity contribution is 0.171. The molecule has 0 unspecified atom stereocenters. The molecule has 0 radical (unpaired) electrons. The van der Waals surface area contributed by atoms with Crippen LogP contribution in [0.1, 0.15) is 11.1 Å². The molecule has 0 aliphatic carbocycles. The molecule has 9 heteroatoms. The Labute approximate surface area is 191 Å². The van der Waals surface area contributed by atoms with Gasteiger partial charge in [0.15, 0.2) is 23.1 Å². The fraction of sp³-hybridized carbons (Fsp3) is 0.167. The molecule has 2 N–H and O–H groups in total. The highest BCUT2D eigenvalue weighted by Crippen LogP contribution is 2.35. The minimum atomic E-state index is -3.90. The summed E-state index contributed by atoms with van der Waals surface area (Å²) in [5.74, 6) is 1.65. The van der Waals surface area contributed by atoms with Crippen LogP contribution in [0, 0.1) is 13.8 Å². The van der Waals surface area contributed by atoms with E-state index < -0.39 is 10.0 Å². The maximum Gasteiger partial charge on any atom is 0.263 e. The zero-order chi connectivity index (χ0) is 23.0. The predicted octanol–water partition coefficient (Wildman–Crippen LogP) is 4.56. The average Bonchev–Trinajstić information content (AvgIpc) is 2.80. The van der Waals surface area contributed by atoms with Gasteiger partial charge in [0.2, 0.25) is 0 Å². The second kappa shape index (κ2) is 8.25. The minimum Gasteiger partial charge on any atom is -0.486 e. The standard InChI is InChI=1S/C24H22N4O4S/c1-15-7-8-16(2)22(13-15)33(29,30)28-24-23(26-18-5-3-4-6-19(18)27-24)25-17-9-10-20-21(14-17)32-12-11-31-20/h3-10,13-14H,11-12H2,1-2H3,(H,25,26)(H,27,28). The molecule has 3 aromatic carbocycles. The van der Waals surface area contributed by atoms with Crippen molar-refractivity contribution >= 4 is 38.4 Å². The predicted molar refractivity (Wildman–Crippen MR) is 127 cm³/mol. The Morgan fingerprint density at radius 1 is 0.818 bits per heavy atom. The maximum absolute atomic E-state index is 13.3. The molecule has 5 rings (SSSR count). The Kier molecular flexibility index (Phi) is 5.26. The van der Waals surface area contributed by atoms with Crippen molar-refractivity contribution in [3.05, 3.63) is 71.8 Å². The summed E-state index contributed by atoms with van der Waals surface area (Å²) in [6.45, 7) is 4.57. The highest BCUT2D eigenvalue weighted by Gasteiger charge is 2.21. The summed E-state index contributed by atoms with van der Waals surface area (Å²) in [6, 6.07) is 18.0. The Balaban J connectivity index is 1.56. The van der Waals surface area contributed by atoms with Gasteiger partial charge >= 0.3 is 0 Å². The normalized spacial score (nSPS) is 13.0. The van der Waals surface area contributed by atoms with Crippen molar-refractivity contribution in [1.29, 1.82) is 0 Å². The van der Waals surface area contributed by atoms with Crippen LogP contribution in [0.15, 0.2) is 65.6 Å². The topological polar surface area (TPSA) is 102 Å². The Morgan fingerprint density at radius 3 is 2.27 bits per heavy atom. The number of hydrogen-bond donors (Lipinski definition) is 2. The molecule has 8 nitrogen and oxygen atoms in total. The van der Waals surface area contributed by atoms with Gasteiger partial charge in [-0.3, -0.25) is 4.72 Å².